The summed E-state index contributed by atoms with van der Waals surface area (Å²) < 4.78 is 6.34. The summed E-state index contributed by atoms with van der Waals surface area (Å²) in [6.45, 7) is 8.00. The zero-order chi connectivity index (χ0) is 26.4. The van der Waals surface area contributed by atoms with E-state index < -0.39 is 0 Å². The normalized spacial score (nSPS) is 13.1. The number of rotatable bonds is 8. The number of halogens is 1. The SMILES string of the molecule is C=CC(=O)Nc1cccc(Nc2ncc(Br)c(Nc3ccc(N4CCN(C(C)=O)CC4)cc3OC)n2)c1. The minimum absolute atomic E-state index is 0.105. The molecule has 2 amide bonds. The predicted molar refractivity (Wildman–Crippen MR) is 149 cm³/mol. The number of piperazine rings is 1. The first-order chi connectivity index (χ1) is 17.9. The van der Waals surface area contributed by atoms with Gasteiger partial charge in [0.2, 0.25) is 17.8 Å². The van der Waals surface area contributed by atoms with E-state index in [2.05, 4.69) is 53.3 Å². The van der Waals surface area contributed by atoms with Gasteiger partial charge >= 0.3 is 0 Å². The van der Waals surface area contributed by atoms with Crippen LogP contribution in [0.25, 0.3) is 0 Å². The largest absolute Gasteiger partial charge is 0.494 e. The molecule has 1 aromatic heterocycles. The van der Waals surface area contributed by atoms with E-state index in [1.54, 1.807) is 32.4 Å². The Bertz CT molecular complexity index is 1310. The van der Waals surface area contributed by atoms with Crippen LogP contribution in [0.3, 0.4) is 0 Å². The summed E-state index contributed by atoms with van der Waals surface area (Å²) in [7, 11) is 1.62. The van der Waals surface area contributed by atoms with E-state index in [4.69, 9.17) is 4.74 Å². The van der Waals surface area contributed by atoms with Gasteiger partial charge in [-0.05, 0) is 52.3 Å². The summed E-state index contributed by atoms with van der Waals surface area (Å²) in [5.74, 6) is 1.40. The van der Waals surface area contributed by atoms with Crippen molar-refractivity contribution in [1.82, 2.24) is 14.9 Å². The maximum Gasteiger partial charge on any atom is 0.247 e. The van der Waals surface area contributed by atoms with E-state index in [0.29, 0.717) is 46.5 Å². The van der Waals surface area contributed by atoms with Crippen LogP contribution in [0.4, 0.5) is 34.5 Å². The number of hydrogen-bond acceptors (Lipinski definition) is 8. The molecule has 0 atom stereocenters. The van der Waals surface area contributed by atoms with E-state index in [0.717, 1.165) is 24.5 Å². The number of hydrogen-bond donors (Lipinski definition) is 3. The highest BCUT2D eigenvalue weighted by atomic mass is 79.9. The fourth-order valence-corrected chi connectivity index (χ4v) is 4.19. The molecule has 1 aliphatic rings. The molecule has 10 nitrogen and oxygen atoms in total. The fourth-order valence-electron chi connectivity index (χ4n) is 3.90. The number of ether oxygens (including phenoxy) is 1. The molecule has 0 bridgehead atoms. The van der Waals surface area contributed by atoms with Gasteiger partial charge in [-0.3, -0.25) is 9.59 Å². The molecule has 1 saturated heterocycles. The van der Waals surface area contributed by atoms with Gasteiger partial charge in [-0.25, -0.2) is 4.98 Å². The van der Waals surface area contributed by atoms with Gasteiger partial charge in [0.25, 0.3) is 0 Å². The molecule has 0 aliphatic carbocycles. The fraction of sp³-hybridized carbons (Fsp3) is 0.231. The number of benzene rings is 2. The van der Waals surface area contributed by atoms with Gasteiger partial charge in [0.05, 0.1) is 17.3 Å². The molecule has 0 spiro atoms. The monoisotopic (exact) mass is 565 g/mol. The van der Waals surface area contributed by atoms with Crippen LogP contribution in [0, 0.1) is 0 Å². The number of anilines is 6. The van der Waals surface area contributed by atoms with Gasteiger partial charge in [0, 0.05) is 62.4 Å². The third-order valence-electron chi connectivity index (χ3n) is 5.84. The van der Waals surface area contributed by atoms with Crippen molar-refractivity contribution in [1.29, 1.82) is 0 Å². The molecule has 192 valence electrons. The van der Waals surface area contributed by atoms with Crippen molar-refractivity contribution in [2.24, 2.45) is 0 Å². The first-order valence-electron chi connectivity index (χ1n) is 11.6. The van der Waals surface area contributed by atoms with Crippen LogP contribution in [0.5, 0.6) is 5.75 Å². The first kappa shape index (κ1) is 26.0. The molecule has 37 heavy (non-hydrogen) atoms. The minimum Gasteiger partial charge on any atom is -0.494 e. The Labute approximate surface area is 223 Å². The maximum atomic E-state index is 11.6. The summed E-state index contributed by atoms with van der Waals surface area (Å²) in [6.07, 6.45) is 2.86. The van der Waals surface area contributed by atoms with Crippen molar-refractivity contribution in [3.05, 3.63) is 65.8 Å². The van der Waals surface area contributed by atoms with Crippen LogP contribution in [-0.2, 0) is 9.59 Å². The zero-order valence-electron chi connectivity index (χ0n) is 20.6. The van der Waals surface area contributed by atoms with Gasteiger partial charge in [-0.2, -0.15) is 4.98 Å². The summed E-state index contributed by atoms with van der Waals surface area (Å²) in [5, 5.41) is 9.19. The van der Waals surface area contributed by atoms with E-state index >= 15 is 0 Å². The number of methoxy groups -OCH3 is 1. The highest BCUT2D eigenvalue weighted by Gasteiger charge is 2.20. The van der Waals surface area contributed by atoms with Gasteiger partial charge in [0.15, 0.2) is 0 Å². The lowest BCUT2D eigenvalue weighted by molar-refractivity contribution is -0.129. The van der Waals surface area contributed by atoms with Crippen molar-refractivity contribution < 1.29 is 14.3 Å². The summed E-state index contributed by atoms with van der Waals surface area (Å²) >= 11 is 3.51. The Morgan fingerprint density at radius 1 is 1.08 bits per heavy atom. The minimum atomic E-state index is -0.290. The summed E-state index contributed by atoms with van der Waals surface area (Å²) in [5.41, 5.74) is 3.10. The third kappa shape index (κ3) is 6.56. The van der Waals surface area contributed by atoms with Crippen molar-refractivity contribution in [3.63, 3.8) is 0 Å². The molecule has 0 saturated carbocycles. The Balaban J connectivity index is 1.49. The van der Waals surface area contributed by atoms with Crippen LogP contribution in [0.1, 0.15) is 6.92 Å². The second kappa shape index (κ2) is 11.7. The van der Waals surface area contributed by atoms with Crippen LogP contribution >= 0.6 is 15.9 Å². The smallest absolute Gasteiger partial charge is 0.247 e. The average Bonchev–Trinajstić information content (AvgIpc) is 2.91. The van der Waals surface area contributed by atoms with Crippen molar-refractivity contribution in [2.75, 3.05) is 54.1 Å². The molecule has 1 aliphatic heterocycles. The lowest BCUT2D eigenvalue weighted by Crippen LogP contribution is -2.48. The second-order valence-corrected chi connectivity index (χ2v) is 9.15. The topological polar surface area (TPSA) is 112 Å². The number of aromatic nitrogens is 2. The van der Waals surface area contributed by atoms with Crippen molar-refractivity contribution in [2.45, 2.75) is 6.92 Å². The second-order valence-electron chi connectivity index (χ2n) is 8.29. The Kier molecular flexibility index (Phi) is 8.24. The highest BCUT2D eigenvalue weighted by molar-refractivity contribution is 9.10. The molecular formula is C26H28BrN7O3. The predicted octanol–water partition coefficient (Wildman–Crippen LogP) is 4.53. The molecule has 3 N–H and O–H groups in total. The van der Waals surface area contributed by atoms with Crippen molar-refractivity contribution in [3.8, 4) is 5.75 Å². The quantitative estimate of drug-likeness (QED) is 0.341. The molecule has 11 heteroatoms. The maximum absolute atomic E-state index is 11.6. The van der Waals surface area contributed by atoms with Crippen LogP contribution in [0.15, 0.2) is 65.8 Å². The first-order valence-corrected chi connectivity index (χ1v) is 12.4. The number of amides is 2. The number of nitrogens with zero attached hydrogens (tertiary/aromatic N) is 4. The Morgan fingerprint density at radius 3 is 2.54 bits per heavy atom. The number of nitrogens with one attached hydrogen (secondary N) is 3. The van der Waals surface area contributed by atoms with E-state index in [-0.39, 0.29) is 11.8 Å². The van der Waals surface area contributed by atoms with Crippen LogP contribution in [0.2, 0.25) is 0 Å². The van der Waals surface area contributed by atoms with E-state index in [1.807, 2.05) is 35.2 Å². The van der Waals surface area contributed by atoms with Gasteiger partial charge < -0.3 is 30.5 Å². The molecule has 2 heterocycles. The van der Waals surface area contributed by atoms with Crippen LogP contribution in [-0.4, -0.2) is 60.0 Å². The Morgan fingerprint density at radius 2 is 1.84 bits per heavy atom. The number of carbonyl (C=O) groups is 2. The number of carbonyl (C=O) groups excluding carboxylic acids is 2. The van der Waals surface area contributed by atoms with Gasteiger partial charge in [0.1, 0.15) is 11.6 Å². The van der Waals surface area contributed by atoms with Gasteiger partial charge in [-0.15, -0.1) is 0 Å². The standard InChI is InChI=1S/C26H28BrN7O3/c1-4-24(36)29-18-6-5-7-19(14-18)30-26-28-16-21(27)25(32-26)31-22-9-8-20(15-23(22)37-3)34-12-10-33(11-13-34)17(2)35/h4-9,14-16H,1,10-13H2,2-3H3,(H,29,36)(H2,28,30,31,32). The molecule has 0 unspecified atom stereocenters. The molecule has 4 rings (SSSR count). The molecule has 2 aromatic carbocycles. The molecule has 0 radical (unpaired) electrons. The van der Waals surface area contributed by atoms with Crippen molar-refractivity contribution >= 4 is 62.3 Å². The van der Waals surface area contributed by atoms with Crippen LogP contribution < -0.4 is 25.6 Å². The molecule has 1 fully saturated rings. The summed E-state index contributed by atoms with van der Waals surface area (Å²) in [6, 6.07) is 13.2. The van der Waals surface area contributed by atoms with E-state index in [9.17, 15) is 9.59 Å². The average molecular weight is 566 g/mol. The lowest BCUT2D eigenvalue weighted by Gasteiger charge is -2.35. The van der Waals surface area contributed by atoms with Gasteiger partial charge in [-0.1, -0.05) is 12.6 Å². The molecule has 3 aromatic rings. The third-order valence-corrected chi connectivity index (χ3v) is 6.42. The molecular weight excluding hydrogens is 538 g/mol. The zero-order valence-corrected chi connectivity index (χ0v) is 22.2. The Hall–Kier alpha value is -4.12. The lowest BCUT2D eigenvalue weighted by atomic mass is 10.2. The van der Waals surface area contributed by atoms with E-state index in [1.165, 1.54) is 6.08 Å². The summed E-state index contributed by atoms with van der Waals surface area (Å²) in [4.78, 5) is 36.2. The highest BCUT2D eigenvalue weighted by Crippen LogP contribution is 2.34.